The van der Waals surface area contributed by atoms with Crippen LogP contribution < -0.4 is 4.74 Å². The van der Waals surface area contributed by atoms with Gasteiger partial charge in [0, 0.05) is 22.2 Å². The van der Waals surface area contributed by atoms with Gasteiger partial charge in [0.15, 0.2) is 0 Å². The maximum Gasteiger partial charge on any atom is 0.371 e. The van der Waals surface area contributed by atoms with Gasteiger partial charge in [0.2, 0.25) is 0 Å². The van der Waals surface area contributed by atoms with E-state index in [9.17, 15) is 40.9 Å². The second kappa shape index (κ2) is 5.98. The van der Waals surface area contributed by atoms with Crippen LogP contribution in [-0.4, -0.2) is 16.1 Å². The summed E-state index contributed by atoms with van der Waals surface area (Å²) in [7, 11) is 0. The Balaban J connectivity index is 2.23. The molecule has 1 aliphatic carbocycles. The smallest absolute Gasteiger partial charge is 0.371 e. The van der Waals surface area contributed by atoms with Crippen LogP contribution >= 0.6 is 11.6 Å². The third kappa shape index (κ3) is 2.74. The quantitative estimate of drug-likeness (QED) is 0.541. The highest BCUT2D eigenvalue weighted by molar-refractivity contribution is 6.30. The Morgan fingerprint density at radius 1 is 1.00 bits per heavy atom. The summed E-state index contributed by atoms with van der Waals surface area (Å²) in [6.45, 7) is 0. The number of hydrogen-bond acceptors (Lipinski definition) is 3. The van der Waals surface area contributed by atoms with Crippen LogP contribution in [0.3, 0.4) is 0 Å². The van der Waals surface area contributed by atoms with Crippen molar-refractivity contribution in [1.82, 2.24) is 0 Å². The van der Waals surface area contributed by atoms with Gasteiger partial charge in [-0.25, -0.2) is 13.2 Å². The van der Waals surface area contributed by atoms with Crippen LogP contribution in [0.15, 0.2) is 30.3 Å². The highest BCUT2D eigenvalue weighted by Crippen LogP contribution is 2.62. The first-order chi connectivity index (χ1) is 12.3. The lowest BCUT2D eigenvalue weighted by Crippen LogP contribution is -2.49. The van der Waals surface area contributed by atoms with Crippen molar-refractivity contribution in [1.29, 1.82) is 0 Å². The summed E-state index contributed by atoms with van der Waals surface area (Å²) in [5.41, 5.74) is -5.04. The maximum absolute atomic E-state index is 13.9. The zero-order valence-corrected chi connectivity index (χ0v) is 13.5. The number of alkyl halides is 6. The van der Waals surface area contributed by atoms with Gasteiger partial charge in [-0.05, 0) is 24.3 Å². The molecule has 0 bridgehead atoms. The van der Waals surface area contributed by atoms with E-state index in [1.165, 1.54) is 0 Å². The molecule has 3 rings (SSSR count). The van der Waals surface area contributed by atoms with E-state index < -0.39 is 58.1 Å². The van der Waals surface area contributed by atoms with E-state index in [4.69, 9.17) is 16.3 Å². The molecule has 146 valence electrons. The van der Waals surface area contributed by atoms with Crippen LogP contribution in [0.25, 0.3) is 0 Å². The molecule has 2 aromatic rings. The fourth-order valence-electron chi connectivity index (χ4n) is 2.80. The molecule has 0 atom stereocenters. The lowest BCUT2D eigenvalue weighted by atomic mass is 9.98. The van der Waals surface area contributed by atoms with E-state index in [-0.39, 0.29) is 5.02 Å². The number of aliphatic hydroxyl groups is 2. The van der Waals surface area contributed by atoms with Gasteiger partial charge in [-0.1, -0.05) is 11.6 Å². The van der Waals surface area contributed by atoms with Crippen molar-refractivity contribution in [2.45, 2.75) is 24.1 Å². The van der Waals surface area contributed by atoms with Gasteiger partial charge in [0.05, 0.1) is 5.56 Å². The minimum atomic E-state index is -5.48. The van der Waals surface area contributed by atoms with Gasteiger partial charge in [-0.2, -0.15) is 17.6 Å². The first-order valence-electron chi connectivity index (χ1n) is 7.11. The Labute approximate surface area is 151 Å². The van der Waals surface area contributed by atoms with Gasteiger partial charge in [0.25, 0.3) is 12.2 Å². The summed E-state index contributed by atoms with van der Waals surface area (Å²) < 4.78 is 101. The maximum atomic E-state index is 13.9. The molecule has 2 aromatic carbocycles. The summed E-state index contributed by atoms with van der Waals surface area (Å²) >= 11 is 5.59. The highest BCUT2D eigenvalue weighted by atomic mass is 35.5. The van der Waals surface area contributed by atoms with Crippen molar-refractivity contribution < 1.29 is 45.7 Å². The number of hydrogen-bond donors (Lipinski definition) is 2. The van der Waals surface area contributed by atoms with Crippen LogP contribution in [0.2, 0.25) is 5.02 Å². The fourth-order valence-corrected chi connectivity index (χ4v) is 3.01. The largest absolute Gasteiger partial charge is 0.457 e. The van der Waals surface area contributed by atoms with Gasteiger partial charge < -0.3 is 14.9 Å². The second-order valence-electron chi connectivity index (χ2n) is 5.73. The summed E-state index contributed by atoms with van der Waals surface area (Å²) in [4.78, 5) is 0. The molecule has 0 radical (unpaired) electrons. The zero-order chi connectivity index (χ0) is 20.4. The van der Waals surface area contributed by atoms with Gasteiger partial charge in [0.1, 0.15) is 17.3 Å². The SMILES string of the molecule is OC1(O)c2c(ccc(Oc3cc(F)cc(Cl)c3)c2C(F)F)C(F)(F)C1(F)F. The summed E-state index contributed by atoms with van der Waals surface area (Å²) in [6, 6.07) is 3.38. The molecule has 11 heteroatoms. The normalized spacial score (nSPS) is 19.2. The zero-order valence-electron chi connectivity index (χ0n) is 12.8. The molecular weight excluding hydrogens is 409 g/mol. The van der Waals surface area contributed by atoms with E-state index in [0.717, 1.165) is 12.1 Å². The van der Waals surface area contributed by atoms with E-state index >= 15 is 0 Å². The average Bonchev–Trinajstić information content (AvgIpc) is 2.61. The predicted octanol–water partition coefficient (Wildman–Crippen LogP) is 5.09. The minimum Gasteiger partial charge on any atom is -0.457 e. The molecule has 2 N–H and O–H groups in total. The molecule has 3 nitrogen and oxygen atoms in total. The Bertz CT molecular complexity index is 895. The third-order valence-electron chi connectivity index (χ3n) is 4.01. The molecule has 1 aliphatic rings. The third-order valence-corrected chi connectivity index (χ3v) is 4.22. The topological polar surface area (TPSA) is 49.7 Å². The van der Waals surface area contributed by atoms with E-state index in [1.54, 1.807) is 0 Å². The van der Waals surface area contributed by atoms with Gasteiger partial charge >= 0.3 is 11.8 Å². The summed E-state index contributed by atoms with van der Waals surface area (Å²) in [6.07, 6.45) is -3.71. The van der Waals surface area contributed by atoms with E-state index in [1.807, 2.05) is 0 Å². The standard InChI is InChI=1S/C16H8ClF7O3/c17-6-3-7(18)5-8(4-6)27-10-2-1-9-12(11(10)13(19)20)15(25,26)16(23,24)14(9,21)22/h1-5,13,25-26H. The molecule has 27 heavy (non-hydrogen) atoms. The molecule has 0 saturated carbocycles. The Kier molecular flexibility index (Phi) is 4.37. The lowest BCUT2D eigenvalue weighted by Gasteiger charge is -2.28. The number of fused-ring (bicyclic) bond motifs is 1. The molecule has 0 amide bonds. The van der Waals surface area contributed by atoms with E-state index in [2.05, 4.69) is 0 Å². The van der Waals surface area contributed by atoms with Crippen LogP contribution in [0.1, 0.15) is 23.1 Å². The van der Waals surface area contributed by atoms with Crippen molar-refractivity contribution in [2.24, 2.45) is 0 Å². The van der Waals surface area contributed by atoms with Crippen LogP contribution in [0.5, 0.6) is 11.5 Å². The molecule has 0 heterocycles. The van der Waals surface area contributed by atoms with E-state index in [0.29, 0.717) is 18.2 Å². The van der Waals surface area contributed by atoms with Crippen LogP contribution in [-0.2, 0) is 11.7 Å². The summed E-state index contributed by atoms with van der Waals surface area (Å²) in [5, 5.41) is 19.0. The number of benzene rings is 2. The monoisotopic (exact) mass is 416 g/mol. The molecule has 0 spiro atoms. The second-order valence-corrected chi connectivity index (χ2v) is 6.17. The fraction of sp³-hybridized carbons (Fsp3) is 0.250. The van der Waals surface area contributed by atoms with Crippen molar-refractivity contribution in [2.75, 3.05) is 0 Å². The van der Waals surface area contributed by atoms with Gasteiger partial charge in [-0.15, -0.1) is 0 Å². The molecule has 0 aromatic heterocycles. The minimum absolute atomic E-state index is 0.193. The van der Waals surface area contributed by atoms with Crippen LogP contribution in [0, 0.1) is 5.82 Å². The van der Waals surface area contributed by atoms with Crippen molar-refractivity contribution >= 4 is 11.6 Å². The molecule has 0 fully saturated rings. The molecule has 0 unspecified atom stereocenters. The Morgan fingerprint density at radius 3 is 2.19 bits per heavy atom. The van der Waals surface area contributed by atoms with Gasteiger partial charge in [-0.3, -0.25) is 0 Å². The lowest BCUT2D eigenvalue weighted by molar-refractivity contribution is -0.358. The predicted molar refractivity (Wildman–Crippen MR) is 77.8 cm³/mol. The van der Waals surface area contributed by atoms with Crippen molar-refractivity contribution in [3.63, 3.8) is 0 Å². The number of halogens is 8. The Morgan fingerprint density at radius 2 is 1.63 bits per heavy atom. The van der Waals surface area contributed by atoms with Crippen molar-refractivity contribution in [3.8, 4) is 11.5 Å². The molecule has 0 aliphatic heterocycles. The molecule has 0 saturated heterocycles. The number of rotatable bonds is 3. The first kappa shape index (κ1) is 19.7. The van der Waals surface area contributed by atoms with Crippen LogP contribution in [0.4, 0.5) is 30.7 Å². The molecular formula is C16H8ClF7O3. The first-order valence-corrected chi connectivity index (χ1v) is 7.49. The number of ether oxygens (including phenoxy) is 1. The highest BCUT2D eigenvalue weighted by Gasteiger charge is 2.77. The Hall–Kier alpha value is -2.04. The van der Waals surface area contributed by atoms with Crippen molar-refractivity contribution in [3.05, 3.63) is 57.9 Å². The summed E-state index contributed by atoms with van der Waals surface area (Å²) in [5.74, 6) is -17.5. The average molecular weight is 417 g/mol.